The van der Waals surface area contributed by atoms with E-state index in [0.717, 1.165) is 70.2 Å². The Hall–Kier alpha value is -7.84. The summed E-state index contributed by atoms with van der Waals surface area (Å²) in [7, 11) is 0. The lowest BCUT2D eigenvalue weighted by atomic mass is 9.55. The van der Waals surface area contributed by atoms with Gasteiger partial charge in [0, 0.05) is 21.7 Å². The second-order valence-electron chi connectivity index (χ2n) is 27.3. The van der Waals surface area contributed by atoms with Crippen molar-refractivity contribution in [2.45, 2.75) is 157 Å². The van der Waals surface area contributed by atoms with Gasteiger partial charge in [-0.3, -0.25) is 0 Å². The molecule has 0 spiro atoms. The fourth-order valence-corrected chi connectivity index (χ4v) is 14.0. The molecular weight excluding hydrogens is 1040 g/mol. The summed E-state index contributed by atoms with van der Waals surface area (Å²) in [5, 5.41) is 77.2. The molecule has 2 aliphatic rings. The Kier molecular flexibility index (Phi) is 19.1. The number of aromatic hydroxyl groups is 8. The largest absolute Gasteiger partial charge is 0.508 e. The zero-order valence-corrected chi connectivity index (χ0v) is 52.1. The first-order valence-corrected chi connectivity index (χ1v) is 29.6. The number of hydrogen-bond donors (Lipinski definition) is 8. The summed E-state index contributed by atoms with van der Waals surface area (Å²) in [6.07, 6.45) is 6.77. The fraction of sp³-hybridized carbons (Fsp3) is 0.368. The fourth-order valence-electron chi connectivity index (χ4n) is 14.0. The minimum Gasteiger partial charge on any atom is -0.508 e. The van der Waals surface area contributed by atoms with Gasteiger partial charge in [0.25, 0.3) is 0 Å². The molecule has 2 saturated carbocycles. The molecule has 10 rings (SSSR count). The average Bonchev–Trinajstić information content (AvgIpc) is 1.04. The predicted molar refractivity (Wildman–Crippen MR) is 343 cm³/mol. The summed E-state index contributed by atoms with van der Waals surface area (Å²) >= 11 is 0. The molecule has 2 atom stereocenters. The molecule has 8 aromatic rings. The molecule has 2 fully saturated rings. The first kappa shape index (κ1) is 63.7. The van der Waals surface area contributed by atoms with E-state index in [-0.39, 0.29) is 44.0 Å². The van der Waals surface area contributed by atoms with Crippen LogP contribution in [0.15, 0.2) is 170 Å². The average molecular weight is 1130 g/mol. The van der Waals surface area contributed by atoms with E-state index in [0.29, 0.717) is 46.3 Å². The van der Waals surface area contributed by atoms with Gasteiger partial charge in [0.2, 0.25) is 0 Å². The normalized spacial score (nSPS) is 17.6. The molecule has 0 amide bonds. The molecule has 0 heterocycles. The number of phenolic OH excluding ortho intramolecular Hbond substituents is 8. The van der Waals surface area contributed by atoms with Crippen molar-refractivity contribution in [3.05, 3.63) is 237 Å². The van der Waals surface area contributed by atoms with Crippen molar-refractivity contribution in [1.29, 1.82) is 0 Å². The van der Waals surface area contributed by atoms with Gasteiger partial charge in [0.1, 0.15) is 46.0 Å². The molecule has 2 unspecified atom stereocenters. The first-order valence-electron chi connectivity index (χ1n) is 29.6. The molecule has 8 nitrogen and oxygen atoms in total. The van der Waals surface area contributed by atoms with Crippen LogP contribution in [0.4, 0.5) is 0 Å². The van der Waals surface area contributed by atoms with Crippen LogP contribution < -0.4 is 0 Å². The SMILES string of the molecule is CC(C)(c1ccc(O)cc1)c1ccc(O)cc1.CC1CC(C)(C)CC(c2ccc(O)cc2)(c2ccc(O)cc2)C1.Cc1cc(C(C)(C)c2ccc(O)c(C)c2)ccc1O.Cc1cc(C2(c3ccc(O)c(C)c3)CC(C)CC(C)(C)C2)ccc1O. The number of hydrogen-bond acceptors (Lipinski definition) is 8. The van der Waals surface area contributed by atoms with Crippen LogP contribution in [0, 0.1) is 50.4 Å². The Labute approximate surface area is 500 Å². The van der Waals surface area contributed by atoms with Gasteiger partial charge in [-0.2, -0.15) is 0 Å². The maximum atomic E-state index is 10.00. The van der Waals surface area contributed by atoms with E-state index in [9.17, 15) is 40.9 Å². The van der Waals surface area contributed by atoms with Crippen LogP contribution in [0.5, 0.6) is 46.0 Å². The summed E-state index contributed by atoms with van der Waals surface area (Å²) < 4.78 is 0. The van der Waals surface area contributed by atoms with E-state index in [4.69, 9.17) is 0 Å². The lowest BCUT2D eigenvalue weighted by Gasteiger charge is -2.49. The molecular formula is C76H92O8. The summed E-state index contributed by atoms with van der Waals surface area (Å²) in [5.41, 5.74) is 13.2. The standard InChI is InChI=1S/C23H30O2.C21H26O2.C17H20O2.C15H16O2/c1-15-12-22(4,5)14-23(13-15,18-6-8-20(24)16(2)10-18)19-7-9-21(25)17(3)11-19;1-15-12-20(2,3)14-21(13-15,16-4-8-18(22)9-5-16)17-6-10-19(23)11-7-17;1-11-9-13(5-7-15(11)18)17(3,4)14-6-8-16(19)12(2)10-14;1-15(2,11-3-7-13(16)8-4-11)12-5-9-14(17)10-6-12/h6-11,15,24-25H,12-14H2,1-5H3;4-11,15,22-23H,12-14H2,1-3H3;5-10,18-19H,1-4H3;3-10,16-17H,1-2H3. The van der Waals surface area contributed by atoms with Gasteiger partial charge in [-0.1, -0.05) is 166 Å². The molecule has 84 heavy (non-hydrogen) atoms. The van der Waals surface area contributed by atoms with Crippen molar-refractivity contribution in [1.82, 2.24) is 0 Å². The topological polar surface area (TPSA) is 162 Å². The molecule has 0 bridgehead atoms. The summed E-state index contributed by atoms with van der Waals surface area (Å²) in [5.74, 6) is 3.74. The number of rotatable bonds is 8. The maximum absolute atomic E-state index is 10.00. The Morgan fingerprint density at radius 2 is 0.548 bits per heavy atom. The van der Waals surface area contributed by atoms with Crippen LogP contribution in [0.3, 0.4) is 0 Å². The quantitative estimate of drug-likeness (QED) is 0.0746. The van der Waals surface area contributed by atoms with Crippen molar-refractivity contribution < 1.29 is 40.9 Å². The second kappa shape index (κ2) is 25.2. The smallest absolute Gasteiger partial charge is 0.118 e. The number of benzene rings is 8. The van der Waals surface area contributed by atoms with E-state index in [1.165, 1.54) is 35.1 Å². The van der Waals surface area contributed by atoms with Crippen LogP contribution in [0.25, 0.3) is 0 Å². The number of phenols is 8. The van der Waals surface area contributed by atoms with Crippen LogP contribution in [-0.2, 0) is 21.7 Å². The third-order valence-corrected chi connectivity index (χ3v) is 18.1. The lowest BCUT2D eigenvalue weighted by Crippen LogP contribution is -2.41. The highest BCUT2D eigenvalue weighted by Gasteiger charge is 2.47. The Balaban J connectivity index is 0.000000162. The van der Waals surface area contributed by atoms with E-state index in [1.54, 1.807) is 60.7 Å². The highest BCUT2D eigenvalue weighted by Crippen LogP contribution is 2.56. The molecule has 0 aliphatic heterocycles. The van der Waals surface area contributed by atoms with Crippen molar-refractivity contribution in [2.24, 2.45) is 22.7 Å². The van der Waals surface area contributed by atoms with Crippen molar-refractivity contribution in [3.8, 4) is 46.0 Å². The zero-order chi connectivity index (χ0) is 61.7. The minimum absolute atomic E-state index is 0.0669. The van der Waals surface area contributed by atoms with Gasteiger partial charge in [0.05, 0.1) is 0 Å². The Morgan fingerprint density at radius 1 is 0.310 bits per heavy atom. The highest BCUT2D eigenvalue weighted by molar-refractivity contribution is 5.50. The predicted octanol–water partition coefficient (Wildman–Crippen LogP) is 18.5. The highest BCUT2D eigenvalue weighted by atomic mass is 16.3. The van der Waals surface area contributed by atoms with Crippen LogP contribution in [0.2, 0.25) is 0 Å². The molecule has 2 aliphatic carbocycles. The van der Waals surface area contributed by atoms with Gasteiger partial charge >= 0.3 is 0 Å². The van der Waals surface area contributed by atoms with Gasteiger partial charge in [-0.15, -0.1) is 0 Å². The van der Waals surface area contributed by atoms with Crippen molar-refractivity contribution in [2.75, 3.05) is 0 Å². The van der Waals surface area contributed by atoms with E-state index < -0.39 is 0 Å². The summed E-state index contributed by atoms with van der Waals surface area (Å²) in [4.78, 5) is 0. The van der Waals surface area contributed by atoms with Crippen LogP contribution in [0.1, 0.15) is 175 Å². The molecule has 0 aromatic heterocycles. The first-order chi connectivity index (χ1) is 39.3. The molecule has 0 saturated heterocycles. The maximum Gasteiger partial charge on any atom is 0.118 e. The zero-order valence-electron chi connectivity index (χ0n) is 52.1. The number of aryl methyl sites for hydroxylation is 4. The van der Waals surface area contributed by atoms with E-state index >= 15 is 0 Å². The third kappa shape index (κ3) is 14.7. The molecule has 0 radical (unpaired) electrons. The van der Waals surface area contributed by atoms with Gasteiger partial charge in [-0.05, 0) is 228 Å². The molecule has 8 aromatic carbocycles. The van der Waals surface area contributed by atoms with Gasteiger partial charge in [0.15, 0.2) is 0 Å². The molecule has 8 N–H and O–H groups in total. The third-order valence-electron chi connectivity index (χ3n) is 18.1. The van der Waals surface area contributed by atoms with Crippen molar-refractivity contribution >= 4 is 0 Å². The van der Waals surface area contributed by atoms with Gasteiger partial charge in [-0.25, -0.2) is 0 Å². The van der Waals surface area contributed by atoms with E-state index in [2.05, 4.69) is 118 Å². The molecule has 8 heteroatoms. The van der Waals surface area contributed by atoms with E-state index in [1.807, 2.05) is 88.4 Å². The Morgan fingerprint density at radius 3 is 0.833 bits per heavy atom. The minimum atomic E-state index is -0.170. The Bertz CT molecular complexity index is 3300. The second-order valence-corrected chi connectivity index (χ2v) is 27.3. The summed E-state index contributed by atoms with van der Waals surface area (Å²) in [6.45, 7) is 30.3. The van der Waals surface area contributed by atoms with Crippen molar-refractivity contribution in [3.63, 3.8) is 0 Å². The van der Waals surface area contributed by atoms with Crippen LogP contribution >= 0.6 is 0 Å². The monoisotopic (exact) mass is 1130 g/mol. The molecule has 444 valence electrons. The van der Waals surface area contributed by atoms with Crippen LogP contribution in [-0.4, -0.2) is 40.9 Å². The summed E-state index contributed by atoms with van der Waals surface area (Å²) in [6, 6.07) is 53.3. The van der Waals surface area contributed by atoms with Gasteiger partial charge < -0.3 is 40.9 Å². The lowest BCUT2D eigenvalue weighted by molar-refractivity contribution is 0.126.